The molecule has 4 nitrogen and oxygen atoms in total. The molecule has 1 atom stereocenters. The molecular formula is C20H23NO3. The van der Waals surface area contributed by atoms with Crippen molar-refractivity contribution in [3.63, 3.8) is 0 Å². The summed E-state index contributed by atoms with van der Waals surface area (Å²) in [7, 11) is 0. The van der Waals surface area contributed by atoms with Gasteiger partial charge < -0.3 is 14.8 Å². The number of nitrogens with one attached hydrogen (secondary N) is 1. The Balaban J connectivity index is 1.45. The molecule has 3 rings (SSSR count). The Kier molecular flexibility index (Phi) is 5.04. The summed E-state index contributed by atoms with van der Waals surface area (Å²) < 4.78 is 11.3. The summed E-state index contributed by atoms with van der Waals surface area (Å²) in [6, 6.07) is 14.0. The lowest BCUT2D eigenvalue weighted by atomic mass is 9.97. The number of carbonyl (C=O) groups excluding carboxylic acids is 1. The first kappa shape index (κ1) is 16.4. The fraction of sp³-hybridized carbons (Fsp3) is 0.350. The number of para-hydroxylation sites is 1. The third-order valence-corrected chi connectivity index (χ3v) is 4.23. The number of aryl methyl sites for hydroxylation is 2. The Morgan fingerprint density at radius 1 is 1.25 bits per heavy atom. The average molecular weight is 325 g/mol. The van der Waals surface area contributed by atoms with Crippen molar-refractivity contribution in [2.24, 2.45) is 5.92 Å². The molecule has 126 valence electrons. The van der Waals surface area contributed by atoms with E-state index in [9.17, 15) is 4.79 Å². The monoisotopic (exact) mass is 325 g/mol. The molecule has 0 saturated heterocycles. The van der Waals surface area contributed by atoms with Crippen LogP contribution in [0.5, 0.6) is 11.5 Å². The molecule has 0 aliphatic carbocycles. The molecule has 4 heteroatoms. The zero-order valence-electron chi connectivity index (χ0n) is 14.2. The molecule has 1 unspecified atom stereocenters. The minimum atomic E-state index is -0.103. The van der Waals surface area contributed by atoms with Crippen LogP contribution in [-0.2, 0) is 11.2 Å². The predicted octanol–water partition coefficient (Wildman–Crippen LogP) is 3.05. The second-order valence-electron chi connectivity index (χ2n) is 6.35. The van der Waals surface area contributed by atoms with Gasteiger partial charge >= 0.3 is 0 Å². The van der Waals surface area contributed by atoms with E-state index in [2.05, 4.69) is 11.4 Å². The molecule has 0 bridgehead atoms. The van der Waals surface area contributed by atoms with Crippen LogP contribution >= 0.6 is 0 Å². The van der Waals surface area contributed by atoms with E-state index in [1.807, 2.05) is 50.2 Å². The molecule has 24 heavy (non-hydrogen) atoms. The van der Waals surface area contributed by atoms with Crippen molar-refractivity contribution in [2.45, 2.75) is 20.3 Å². The zero-order valence-corrected chi connectivity index (χ0v) is 14.2. The van der Waals surface area contributed by atoms with Gasteiger partial charge in [0, 0.05) is 12.5 Å². The minimum absolute atomic E-state index is 0.0358. The summed E-state index contributed by atoms with van der Waals surface area (Å²) in [6.45, 7) is 5.29. The van der Waals surface area contributed by atoms with E-state index in [0.717, 1.165) is 23.5 Å². The van der Waals surface area contributed by atoms with Gasteiger partial charge in [0.25, 0.3) is 5.91 Å². The van der Waals surface area contributed by atoms with Crippen LogP contribution in [-0.4, -0.2) is 25.7 Å². The SMILES string of the molecule is Cc1ccc(OCC(=O)NCC2COc3ccccc3C2)c(C)c1. The first-order valence-electron chi connectivity index (χ1n) is 8.29. The first-order valence-corrected chi connectivity index (χ1v) is 8.29. The third-order valence-electron chi connectivity index (χ3n) is 4.23. The molecule has 1 N–H and O–H groups in total. The van der Waals surface area contributed by atoms with Crippen LogP contribution in [0.4, 0.5) is 0 Å². The zero-order chi connectivity index (χ0) is 16.9. The highest BCUT2D eigenvalue weighted by Crippen LogP contribution is 2.26. The molecule has 1 amide bonds. The third kappa shape index (κ3) is 4.07. The molecule has 1 aliphatic rings. The van der Waals surface area contributed by atoms with Crippen molar-refractivity contribution >= 4 is 5.91 Å². The van der Waals surface area contributed by atoms with Crippen LogP contribution in [0.2, 0.25) is 0 Å². The molecule has 0 saturated carbocycles. The number of hydrogen-bond donors (Lipinski definition) is 1. The van der Waals surface area contributed by atoms with E-state index in [-0.39, 0.29) is 12.5 Å². The predicted molar refractivity (Wildman–Crippen MR) is 93.6 cm³/mol. The van der Waals surface area contributed by atoms with Crippen molar-refractivity contribution < 1.29 is 14.3 Å². The van der Waals surface area contributed by atoms with Crippen molar-refractivity contribution in [1.82, 2.24) is 5.32 Å². The van der Waals surface area contributed by atoms with Gasteiger partial charge in [-0.15, -0.1) is 0 Å². The average Bonchev–Trinajstić information content (AvgIpc) is 2.59. The molecular weight excluding hydrogens is 302 g/mol. The van der Waals surface area contributed by atoms with Gasteiger partial charge in [-0.3, -0.25) is 4.79 Å². The van der Waals surface area contributed by atoms with Gasteiger partial charge in [0.05, 0.1) is 6.61 Å². The number of ether oxygens (including phenoxy) is 2. The topological polar surface area (TPSA) is 47.6 Å². The smallest absolute Gasteiger partial charge is 0.257 e. The van der Waals surface area contributed by atoms with E-state index in [1.54, 1.807) is 0 Å². The maximum Gasteiger partial charge on any atom is 0.257 e. The highest BCUT2D eigenvalue weighted by molar-refractivity contribution is 5.77. The Morgan fingerprint density at radius 2 is 2.08 bits per heavy atom. The number of fused-ring (bicyclic) bond motifs is 1. The fourth-order valence-corrected chi connectivity index (χ4v) is 2.94. The number of amides is 1. The van der Waals surface area contributed by atoms with Gasteiger partial charge in [0.15, 0.2) is 6.61 Å². The normalized spacial score (nSPS) is 16.0. The molecule has 2 aromatic rings. The second kappa shape index (κ2) is 7.39. The molecule has 0 radical (unpaired) electrons. The summed E-state index contributed by atoms with van der Waals surface area (Å²) in [5.74, 6) is 1.91. The van der Waals surface area contributed by atoms with E-state index in [1.165, 1.54) is 11.1 Å². The van der Waals surface area contributed by atoms with Crippen LogP contribution in [0.15, 0.2) is 42.5 Å². The van der Waals surface area contributed by atoms with Crippen molar-refractivity contribution in [3.05, 3.63) is 59.2 Å². The summed E-state index contributed by atoms with van der Waals surface area (Å²) in [5.41, 5.74) is 3.43. The van der Waals surface area contributed by atoms with Gasteiger partial charge in [0.2, 0.25) is 0 Å². The van der Waals surface area contributed by atoms with E-state index in [0.29, 0.717) is 19.1 Å². The maximum atomic E-state index is 12.0. The lowest BCUT2D eigenvalue weighted by Gasteiger charge is -2.25. The largest absolute Gasteiger partial charge is 0.493 e. The molecule has 1 aliphatic heterocycles. The van der Waals surface area contributed by atoms with Crippen LogP contribution in [0.25, 0.3) is 0 Å². The van der Waals surface area contributed by atoms with E-state index < -0.39 is 0 Å². The van der Waals surface area contributed by atoms with Gasteiger partial charge in [-0.05, 0) is 43.5 Å². The van der Waals surface area contributed by atoms with Crippen molar-refractivity contribution in [2.75, 3.05) is 19.8 Å². The van der Waals surface area contributed by atoms with E-state index in [4.69, 9.17) is 9.47 Å². The summed E-state index contributed by atoms with van der Waals surface area (Å²) in [5, 5.41) is 2.94. The highest BCUT2D eigenvalue weighted by atomic mass is 16.5. The summed E-state index contributed by atoms with van der Waals surface area (Å²) >= 11 is 0. The van der Waals surface area contributed by atoms with Crippen molar-refractivity contribution in [1.29, 1.82) is 0 Å². The van der Waals surface area contributed by atoms with Crippen LogP contribution in [0, 0.1) is 19.8 Å². The number of hydrogen-bond acceptors (Lipinski definition) is 3. The quantitative estimate of drug-likeness (QED) is 0.919. The second-order valence-corrected chi connectivity index (χ2v) is 6.35. The molecule has 1 heterocycles. The number of rotatable bonds is 5. The Morgan fingerprint density at radius 3 is 2.92 bits per heavy atom. The Hall–Kier alpha value is -2.49. The van der Waals surface area contributed by atoms with Crippen LogP contribution in [0.3, 0.4) is 0 Å². The summed E-state index contributed by atoms with van der Waals surface area (Å²) in [6.07, 6.45) is 0.925. The molecule has 0 aromatic heterocycles. The Labute approximate surface area is 142 Å². The van der Waals surface area contributed by atoms with Gasteiger partial charge in [-0.25, -0.2) is 0 Å². The standard InChI is InChI=1S/C20H23NO3/c1-14-7-8-18(15(2)9-14)24-13-20(22)21-11-16-10-17-5-3-4-6-19(17)23-12-16/h3-9,16H,10-13H2,1-2H3,(H,21,22). The maximum absolute atomic E-state index is 12.0. The molecule has 2 aromatic carbocycles. The Bertz CT molecular complexity index is 727. The first-order chi connectivity index (χ1) is 11.6. The number of carbonyl (C=O) groups is 1. The lowest BCUT2D eigenvalue weighted by Crippen LogP contribution is -2.37. The van der Waals surface area contributed by atoms with E-state index >= 15 is 0 Å². The van der Waals surface area contributed by atoms with Crippen molar-refractivity contribution in [3.8, 4) is 11.5 Å². The lowest BCUT2D eigenvalue weighted by molar-refractivity contribution is -0.123. The highest BCUT2D eigenvalue weighted by Gasteiger charge is 2.20. The minimum Gasteiger partial charge on any atom is -0.493 e. The van der Waals surface area contributed by atoms with Crippen LogP contribution < -0.4 is 14.8 Å². The van der Waals surface area contributed by atoms with Crippen LogP contribution in [0.1, 0.15) is 16.7 Å². The van der Waals surface area contributed by atoms with Gasteiger partial charge in [-0.2, -0.15) is 0 Å². The van der Waals surface area contributed by atoms with Gasteiger partial charge in [0.1, 0.15) is 11.5 Å². The van der Waals surface area contributed by atoms with Gasteiger partial charge in [-0.1, -0.05) is 35.9 Å². The number of benzene rings is 2. The molecule has 0 fully saturated rings. The molecule has 0 spiro atoms. The fourth-order valence-electron chi connectivity index (χ4n) is 2.94. The summed E-state index contributed by atoms with van der Waals surface area (Å²) in [4.78, 5) is 12.0.